The first-order valence-electron chi connectivity index (χ1n) is 7.50. The topological polar surface area (TPSA) is 32.3 Å². The van der Waals surface area contributed by atoms with Crippen LogP contribution in [0.15, 0.2) is 47.4 Å². The van der Waals surface area contributed by atoms with Gasteiger partial charge in [-0.15, -0.1) is 11.8 Å². The van der Waals surface area contributed by atoms with E-state index in [0.717, 1.165) is 23.1 Å². The molecule has 0 aromatic heterocycles. The lowest BCUT2D eigenvalue weighted by atomic mass is 10.1. The molecule has 0 aliphatic rings. The Bertz CT molecular complexity index is 707. The van der Waals surface area contributed by atoms with E-state index in [1.165, 1.54) is 0 Å². The zero-order valence-corrected chi connectivity index (χ0v) is 14.7. The Hall–Kier alpha value is -1.92. The molecule has 2 aromatic carbocycles. The summed E-state index contributed by atoms with van der Waals surface area (Å²) < 4.78 is 27.2. The number of hydrogen-bond acceptors (Lipinski definition) is 3. The third-order valence-corrected chi connectivity index (χ3v) is 4.58. The lowest BCUT2D eigenvalue weighted by Gasteiger charge is -2.24. The van der Waals surface area contributed by atoms with Crippen LogP contribution < -0.4 is 5.32 Å². The van der Waals surface area contributed by atoms with Crippen molar-refractivity contribution in [1.82, 2.24) is 4.90 Å². The molecule has 0 heterocycles. The van der Waals surface area contributed by atoms with Gasteiger partial charge in [0.05, 0.1) is 6.54 Å². The van der Waals surface area contributed by atoms with E-state index in [9.17, 15) is 13.6 Å². The fourth-order valence-corrected chi connectivity index (χ4v) is 2.72. The molecule has 2 rings (SSSR count). The predicted octanol–water partition coefficient (Wildman–Crippen LogP) is 4.32. The quantitative estimate of drug-likeness (QED) is 0.788. The van der Waals surface area contributed by atoms with Crippen molar-refractivity contribution in [1.29, 1.82) is 0 Å². The Morgan fingerprint density at radius 3 is 2.50 bits per heavy atom. The number of likely N-dealkylation sites (N-methyl/N-ethyl adjacent to an activating group) is 1. The van der Waals surface area contributed by atoms with Gasteiger partial charge in [0.15, 0.2) is 0 Å². The first-order valence-corrected chi connectivity index (χ1v) is 8.72. The minimum absolute atomic E-state index is 0.0708. The number of amides is 1. The van der Waals surface area contributed by atoms with Crippen LogP contribution in [0.3, 0.4) is 0 Å². The summed E-state index contributed by atoms with van der Waals surface area (Å²) in [5.41, 5.74) is 0.936. The standard InChI is InChI=1S/C18H20F2N2OS/c1-12(16-10-13(19)4-9-17(16)20)22(2)11-18(23)21-14-5-7-15(24-3)8-6-14/h4-10,12H,11H2,1-3H3,(H,21,23). The molecule has 0 saturated carbocycles. The first kappa shape index (κ1) is 18.4. The van der Waals surface area contributed by atoms with E-state index in [2.05, 4.69) is 5.32 Å². The highest BCUT2D eigenvalue weighted by Gasteiger charge is 2.18. The van der Waals surface area contributed by atoms with Gasteiger partial charge in [-0.3, -0.25) is 9.69 Å². The maximum Gasteiger partial charge on any atom is 0.238 e. The summed E-state index contributed by atoms with van der Waals surface area (Å²) in [6, 6.07) is 10.4. The number of benzene rings is 2. The highest BCUT2D eigenvalue weighted by molar-refractivity contribution is 7.98. The predicted molar refractivity (Wildman–Crippen MR) is 94.3 cm³/mol. The van der Waals surface area contributed by atoms with Crippen LogP contribution in [-0.4, -0.2) is 30.7 Å². The van der Waals surface area contributed by atoms with Crippen LogP contribution in [0.5, 0.6) is 0 Å². The van der Waals surface area contributed by atoms with Crippen molar-refractivity contribution in [2.24, 2.45) is 0 Å². The third-order valence-electron chi connectivity index (χ3n) is 3.84. The average Bonchev–Trinajstić information content (AvgIpc) is 2.57. The van der Waals surface area contributed by atoms with Crippen molar-refractivity contribution < 1.29 is 13.6 Å². The molecule has 2 aromatic rings. The maximum atomic E-state index is 13.8. The van der Waals surface area contributed by atoms with E-state index in [1.807, 2.05) is 30.5 Å². The van der Waals surface area contributed by atoms with E-state index < -0.39 is 17.7 Å². The number of anilines is 1. The van der Waals surface area contributed by atoms with Crippen molar-refractivity contribution in [3.63, 3.8) is 0 Å². The highest BCUT2D eigenvalue weighted by atomic mass is 32.2. The van der Waals surface area contributed by atoms with Crippen molar-refractivity contribution in [2.45, 2.75) is 17.9 Å². The molecule has 0 saturated heterocycles. The van der Waals surface area contributed by atoms with Crippen LogP contribution in [-0.2, 0) is 4.79 Å². The molecule has 1 unspecified atom stereocenters. The number of nitrogens with zero attached hydrogens (tertiary/aromatic N) is 1. The molecular formula is C18H20F2N2OS. The van der Waals surface area contributed by atoms with Crippen molar-refractivity contribution >= 4 is 23.4 Å². The van der Waals surface area contributed by atoms with Gasteiger partial charge in [0.1, 0.15) is 11.6 Å². The molecule has 0 aliphatic carbocycles. The maximum absolute atomic E-state index is 13.8. The van der Waals surface area contributed by atoms with Gasteiger partial charge in [0, 0.05) is 22.2 Å². The molecule has 1 amide bonds. The van der Waals surface area contributed by atoms with E-state index in [4.69, 9.17) is 0 Å². The minimum Gasteiger partial charge on any atom is -0.325 e. The number of rotatable bonds is 6. The van der Waals surface area contributed by atoms with Crippen LogP contribution >= 0.6 is 11.8 Å². The van der Waals surface area contributed by atoms with Crippen LogP contribution in [0.4, 0.5) is 14.5 Å². The molecule has 6 heteroatoms. The second kappa shape index (κ2) is 8.26. The Labute approximate surface area is 145 Å². The van der Waals surface area contributed by atoms with E-state index in [1.54, 1.807) is 30.6 Å². The van der Waals surface area contributed by atoms with Crippen LogP contribution in [0.25, 0.3) is 0 Å². The first-order chi connectivity index (χ1) is 11.4. The van der Waals surface area contributed by atoms with Crippen LogP contribution in [0.1, 0.15) is 18.5 Å². The second-order valence-electron chi connectivity index (χ2n) is 5.53. The van der Waals surface area contributed by atoms with Crippen LogP contribution in [0, 0.1) is 11.6 Å². The summed E-state index contributed by atoms with van der Waals surface area (Å²) in [6.07, 6.45) is 1.98. The van der Waals surface area contributed by atoms with Crippen molar-refractivity contribution in [3.8, 4) is 0 Å². The van der Waals surface area contributed by atoms with Gasteiger partial charge in [0.2, 0.25) is 5.91 Å². The molecule has 1 atom stereocenters. The second-order valence-corrected chi connectivity index (χ2v) is 6.41. The van der Waals surface area contributed by atoms with Gasteiger partial charge < -0.3 is 5.32 Å². The van der Waals surface area contributed by atoms with Gasteiger partial charge >= 0.3 is 0 Å². The van der Waals surface area contributed by atoms with Gasteiger partial charge in [-0.05, 0) is 62.7 Å². The smallest absolute Gasteiger partial charge is 0.238 e. The number of thioether (sulfide) groups is 1. The Morgan fingerprint density at radius 1 is 1.21 bits per heavy atom. The molecule has 1 N–H and O–H groups in total. The molecule has 0 aliphatic heterocycles. The van der Waals surface area contributed by atoms with Gasteiger partial charge in [-0.1, -0.05) is 0 Å². The minimum atomic E-state index is -0.495. The molecule has 128 valence electrons. The number of hydrogen-bond donors (Lipinski definition) is 1. The Balaban J connectivity index is 1.98. The van der Waals surface area contributed by atoms with E-state index in [-0.39, 0.29) is 18.0 Å². The molecule has 0 fully saturated rings. The normalized spacial score (nSPS) is 12.2. The molecular weight excluding hydrogens is 330 g/mol. The lowest BCUT2D eigenvalue weighted by molar-refractivity contribution is -0.117. The van der Waals surface area contributed by atoms with E-state index in [0.29, 0.717) is 5.69 Å². The van der Waals surface area contributed by atoms with Gasteiger partial charge in [-0.25, -0.2) is 8.78 Å². The zero-order chi connectivity index (χ0) is 17.7. The summed E-state index contributed by atoms with van der Waals surface area (Å²) in [6.45, 7) is 1.81. The number of carbonyl (C=O) groups excluding carboxylic acids is 1. The number of halogens is 2. The number of nitrogens with one attached hydrogen (secondary N) is 1. The fourth-order valence-electron chi connectivity index (χ4n) is 2.31. The molecule has 0 radical (unpaired) electrons. The molecule has 24 heavy (non-hydrogen) atoms. The molecule has 3 nitrogen and oxygen atoms in total. The van der Waals surface area contributed by atoms with Crippen LogP contribution in [0.2, 0.25) is 0 Å². The Kier molecular flexibility index (Phi) is 6.34. The van der Waals surface area contributed by atoms with Gasteiger partial charge in [-0.2, -0.15) is 0 Å². The van der Waals surface area contributed by atoms with E-state index >= 15 is 0 Å². The summed E-state index contributed by atoms with van der Waals surface area (Å²) in [7, 11) is 1.70. The summed E-state index contributed by atoms with van der Waals surface area (Å²) in [5, 5.41) is 2.80. The Morgan fingerprint density at radius 2 is 1.88 bits per heavy atom. The van der Waals surface area contributed by atoms with Gasteiger partial charge in [0.25, 0.3) is 0 Å². The average molecular weight is 350 g/mol. The molecule has 0 spiro atoms. The largest absolute Gasteiger partial charge is 0.325 e. The summed E-state index contributed by atoms with van der Waals surface area (Å²) in [5.74, 6) is -1.19. The van der Waals surface area contributed by atoms with Crippen molar-refractivity contribution in [2.75, 3.05) is 25.2 Å². The van der Waals surface area contributed by atoms with Crippen molar-refractivity contribution in [3.05, 3.63) is 59.7 Å². The third kappa shape index (κ3) is 4.79. The highest BCUT2D eigenvalue weighted by Crippen LogP contribution is 2.23. The zero-order valence-electron chi connectivity index (χ0n) is 13.8. The summed E-state index contributed by atoms with van der Waals surface area (Å²) in [4.78, 5) is 14.9. The molecule has 0 bridgehead atoms. The SMILES string of the molecule is CSc1ccc(NC(=O)CN(C)C(C)c2cc(F)ccc2F)cc1. The monoisotopic (exact) mass is 350 g/mol. The number of carbonyl (C=O) groups is 1. The lowest BCUT2D eigenvalue weighted by Crippen LogP contribution is -2.32. The summed E-state index contributed by atoms with van der Waals surface area (Å²) >= 11 is 1.62. The fraction of sp³-hybridized carbons (Fsp3) is 0.278.